The van der Waals surface area contributed by atoms with Gasteiger partial charge < -0.3 is 4.90 Å². The number of unbranched alkanes of at least 4 members (excludes halogenated alkanes) is 6. The standard InChI is InChI=1S/C14H29NS3/c1-4-7-8-9-10-11-12-13-17-18-14(16)15(5-2)6-3/h4-13H2,1-3H3. The van der Waals surface area contributed by atoms with Gasteiger partial charge in [-0.25, -0.2) is 0 Å². The molecule has 0 N–H and O–H groups in total. The van der Waals surface area contributed by atoms with Gasteiger partial charge in [-0.05, 0) is 31.1 Å². The lowest BCUT2D eigenvalue weighted by Gasteiger charge is -2.20. The van der Waals surface area contributed by atoms with Crippen LogP contribution < -0.4 is 0 Å². The normalized spacial score (nSPS) is 10.6. The third-order valence-corrected chi connectivity index (χ3v) is 6.11. The zero-order valence-electron chi connectivity index (χ0n) is 12.2. The molecule has 0 spiro atoms. The minimum absolute atomic E-state index is 1.03. The van der Waals surface area contributed by atoms with E-state index >= 15 is 0 Å². The van der Waals surface area contributed by atoms with Gasteiger partial charge >= 0.3 is 0 Å². The molecule has 108 valence electrons. The summed E-state index contributed by atoms with van der Waals surface area (Å²) in [6.45, 7) is 8.65. The first-order valence-electron chi connectivity index (χ1n) is 7.34. The molecule has 0 fully saturated rings. The number of hydrogen-bond acceptors (Lipinski definition) is 3. The van der Waals surface area contributed by atoms with E-state index in [4.69, 9.17) is 12.2 Å². The fourth-order valence-corrected chi connectivity index (χ4v) is 4.53. The summed E-state index contributed by atoms with van der Waals surface area (Å²) in [5.41, 5.74) is 0. The van der Waals surface area contributed by atoms with Crippen molar-refractivity contribution in [3.63, 3.8) is 0 Å². The first kappa shape index (κ1) is 18.6. The number of hydrogen-bond donors (Lipinski definition) is 0. The molecule has 0 radical (unpaired) electrons. The van der Waals surface area contributed by atoms with Gasteiger partial charge in [0.1, 0.15) is 4.32 Å². The summed E-state index contributed by atoms with van der Waals surface area (Å²) in [6.07, 6.45) is 9.72. The van der Waals surface area contributed by atoms with E-state index in [1.54, 1.807) is 10.8 Å². The Kier molecular flexibility index (Phi) is 14.5. The van der Waals surface area contributed by atoms with Gasteiger partial charge in [-0.2, -0.15) is 0 Å². The molecular formula is C14H29NS3. The molecule has 0 aliphatic rings. The SMILES string of the molecule is CCCCCCCCCSSC(=S)N(CC)CC. The average molecular weight is 308 g/mol. The molecule has 0 bridgehead atoms. The van der Waals surface area contributed by atoms with Crippen LogP contribution in [0.2, 0.25) is 0 Å². The molecule has 4 heteroatoms. The summed E-state index contributed by atoms with van der Waals surface area (Å²) in [7, 11) is 3.70. The molecule has 0 aromatic rings. The van der Waals surface area contributed by atoms with Crippen LogP contribution in [0.5, 0.6) is 0 Å². The van der Waals surface area contributed by atoms with Crippen molar-refractivity contribution in [1.29, 1.82) is 0 Å². The topological polar surface area (TPSA) is 3.24 Å². The molecule has 0 aromatic heterocycles. The molecule has 1 nitrogen and oxygen atoms in total. The second-order valence-electron chi connectivity index (χ2n) is 4.46. The lowest BCUT2D eigenvalue weighted by molar-refractivity contribution is 0.482. The highest BCUT2D eigenvalue weighted by Crippen LogP contribution is 2.26. The predicted octanol–water partition coefficient (Wildman–Crippen LogP) is 5.75. The van der Waals surface area contributed by atoms with Crippen LogP contribution >= 0.6 is 33.8 Å². The molecule has 0 saturated carbocycles. The third-order valence-electron chi connectivity index (χ3n) is 2.98. The van der Waals surface area contributed by atoms with Gasteiger partial charge in [0.2, 0.25) is 0 Å². The van der Waals surface area contributed by atoms with Gasteiger partial charge in [0.05, 0.1) is 0 Å². The lowest BCUT2D eigenvalue weighted by atomic mass is 10.1. The molecule has 0 saturated heterocycles. The van der Waals surface area contributed by atoms with E-state index in [0.29, 0.717) is 0 Å². The largest absolute Gasteiger partial charge is 0.357 e. The van der Waals surface area contributed by atoms with Crippen LogP contribution in [0.3, 0.4) is 0 Å². The van der Waals surface area contributed by atoms with Crippen LogP contribution in [0.4, 0.5) is 0 Å². The van der Waals surface area contributed by atoms with Crippen molar-refractivity contribution in [2.24, 2.45) is 0 Å². The minimum atomic E-state index is 1.03. The monoisotopic (exact) mass is 307 g/mol. The average Bonchev–Trinajstić information content (AvgIpc) is 2.38. The highest BCUT2D eigenvalue weighted by Gasteiger charge is 2.05. The van der Waals surface area contributed by atoms with E-state index in [1.165, 1.54) is 50.7 Å². The fraction of sp³-hybridized carbons (Fsp3) is 0.929. The molecule has 0 rings (SSSR count). The summed E-state index contributed by atoms with van der Waals surface area (Å²) in [6, 6.07) is 0. The molecule has 0 aliphatic heterocycles. The zero-order valence-corrected chi connectivity index (χ0v) is 14.7. The number of rotatable bonds is 11. The van der Waals surface area contributed by atoms with Crippen molar-refractivity contribution in [3.05, 3.63) is 0 Å². The van der Waals surface area contributed by atoms with Crippen molar-refractivity contribution in [3.8, 4) is 0 Å². The summed E-state index contributed by atoms with van der Waals surface area (Å²) < 4.78 is 1.05. The van der Waals surface area contributed by atoms with Crippen molar-refractivity contribution in [2.45, 2.75) is 65.7 Å². The van der Waals surface area contributed by atoms with E-state index in [0.717, 1.165) is 17.4 Å². The van der Waals surface area contributed by atoms with Crippen molar-refractivity contribution < 1.29 is 0 Å². The van der Waals surface area contributed by atoms with Crippen LogP contribution in [-0.2, 0) is 0 Å². The molecule has 0 unspecified atom stereocenters. The van der Waals surface area contributed by atoms with E-state index in [-0.39, 0.29) is 0 Å². The van der Waals surface area contributed by atoms with E-state index in [9.17, 15) is 0 Å². The molecule has 0 heterocycles. The van der Waals surface area contributed by atoms with Crippen molar-refractivity contribution in [1.82, 2.24) is 4.90 Å². The van der Waals surface area contributed by atoms with Gasteiger partial charge in [-0.15, -0.1) is 0 Å². The Balaban J connectivity index is 3.27. The molecule has 0 amide bonds. The highest BCUT2D eigenvalue weighted by atomic mass is 33.1. The molecule has 0 aliphatic carbocycles. The summed E-state index contributed by atoms with van der Waals surface area (Å²) in [5, 5.41) is 0. The van der Waals surface area contributed by atoms with Gasteiger partial charge in [-0.3, -0.25) is 0 Å². The quantitative estimate of drug-likeness (QED) is 0.272. The third kappa shape index (κ3) is 10.5. The Morgan fingerprint density at radius 3 is 2.00 bits per heavy atom. The van der Waals surface area contributed by atoms with Gasteiger partial charge in [0.25, 0.3) is 0 Å². The Morgan fingerprint density at radius 2 is 1.44 bits per heavy atom. The molecular weight excluding hydrogens is 278 g/mol. The van der Waals surface area contributed by atoms with Crippen molar-refractivity contribution >= 4 is 38.1 Å². The smallest absolute Gasteiger partial charge is 0.147 e. The Hall–Kier alpha value is 0.590. The van der Waals surface area contributed by atoms with E-state index in [2.05, 4.69) is 25.7 Å². The summed E-state index contributed by atoms with van der Waals surface area (Å²) in [5.74, 6) is 1.24. The Morgan fingerprint density at radius 1 is 0.889 bits per heavy atom. The minimum Gasteiger partial charge on any atom is -0.357 e. The van der Waals surface area contributed by atoms with Crippen LogP contribution in [0.1, 0.15) is 65.7 Å². The maximum absolute atomic E-state index is 5.39. The molecule has 0 atom stereocenters. The van der Waals surface area contributed by atoms with Crippen LogP contribution in [-0.4, -0.2) is 28.1 Å². The maximum Gasteiger partial charge on any atom is 0.147 e. The highest BCUT2D eigenvalue weighted by molar-refractivity contribution is 8.83. The fourth-order valence-electron chi connectivity index (χ4n) is 1.74. The molecule has 0 aromatic carbocycles. The number of thiocarbonyl (C=S) groups is 1. The molecule has 18 heavy (non-hydrogen) atoms. The lowest BCUT2D eigenvalue weighted by Crippen LogP contribution is -2.25. The second-order valence-corrected chi connectivity index (χ2v) is 7.51. The van der Waals surface area contributed by atoms with Crippen molar-refractivity contribution in [2.75, 3.05) is 18.8 Å². The zero-order chi connectivity index (χ0) is 13.6. The predicted molar refractivity (Wildman–Crippen MR) is 93.6 cm³/mol. The van der Waals surface area contributed by atoms with E-state index < -0.39 is 0 Å². The van der Waals surface area contributed by atoms with Gasteiger partial charge in [0, 0.05) is 18.8 Å². The first-order chi connectivity index (χ1) is 8.76. The first-order valence-corrected chi connectivity index (χ1v) is 10.1. The maximum atomic E-state index is 5.39. The van der Waals surface area contributed by atoms with Gasteiger partial charge in [0.15, 0.2) is 0 Å². The van der Waals surface area contributed by atoms with E-state index in [1.807, 2.05) is 10.8 Å². The summed E-state index contributed by atoms with van der Waals surface area (Å²) >= 11 is 5.39. The Labute approximate surface area is 127 Å². The van der Waals surface area contributed by atoms with Crippen LogP contribution in [0.15, 0.2) is 0 Å². The number of nitrogens with zero attached hydrogens (tertiary/aromatic N) is 1. The van der Waals surface area contributed by atoms with Crippen LogP contribution in [0.25, 0.3) is 0 Å². The second kappa shape index (κ2) is 14.0. The van der Waals surface area contributed by atoms with Crippen LogP contribution in [0, 0.1) is 0 Å². The summed E-state index contributed by atoms with van der Waals surface area (Å²) in [4.78, 5) is 2.25. The van der Waals surface area contributed by atoms with Gasteiger partial charge in [-0.1, -0.05) is 68.5 Å². The Bertz CT molecular complexity index is 193.